The molecule has 0 unspecified atom stereocenters. The van der Waals surface area contributed by atoms with Gasteiger partial charge in [0.05, 0.1) is 6.42 Å². The van der Waals surface area contributed by atoms with Gasteiger partial charge < -0.3 is 10.0 Å². The van der Waals surface area contributed by atoms with Crippen molar-refractivity contribution in [2.24, 2.45) is 0 Å². The molecule has 5 heteroatoms. The van der Waals surface area contributed by atoms with Crippen molar-refractivity contribution in [1.82, 2.24) is 9.80 Å². The number of hydrogen-bond donors (Lipinski definition) is 1. The van der Waals surface area contributed by atoms with Gasteiger partial charge in [0.25, 0.3) is 0 Å². The highest BCUT2D eigenvalue weighted by molar-refractivity contribution is 5.79. The molecule has 1 fully saturated rings. The van der Waals surface area contributed by atoms with Crippen molar-refractivity contribution in [3.8, 4) is 0 Å². The van der Waals surface area contributed by atoms with Gasteiger partial charge in [0.2, 0.25) is 5.91 Å². The lowest BCUT2D eigenvalue weighted by Gasteiger charge is -2.36. The van der Waals surface area contributed by atoms with E-state index in [0.717, 1.165) is 11.1 Å². The number of amides is 1. The minimum Gasteiger partial charge on any atom is -0.480 e. The number of carbonyl (C=O) groups is 2. The summed E-state index contributed by atoms with van der Waals surface area (Å²) in [6.07, 6.45) is 0.418. The first-order valence-electron chi connectivity index (χ1n) is 7.28. The molecule has 0 spiro atoms. The van der Waals surface area contributed by atoms with Crippen LogP contribution in [0.3, 0.4) is 0 Å². The molecule has 1 heterocycles. The Morgan fingerprint density at radius 1 is 1.19 bits per heavy atom. The molecule has 0 aromatic heterocycles. The van der Waals surface area contributed by atoms with Crippen LogP contribution in [-0.2, 0) is 16.0 Å². The first kappa shape index (κ1) is 15.5. The summed E-state index contributed by atoms with van der Waals surface area (Å²) in [5.74, 6) is -0.693. The van der Waals surface area contributed by atoms with E-state index in [1.165, 1.54) is 0 Å². The Morgan fingerprint density at radius 2 is 1.81 bits per heavy atom. The lowest BCUT2D eigenvalue weighted by molar-refractivity contribution is -0.144. The van der Waals surface area contributed by atoms with Gasteiger partial charge in [0, 0.05) is 26.2 Å². The fourth-order valence-corrected chi connectivity index (χ4v) is 2.60. The van der Waals surface area contributed by atoms with Crippen molar-refractivity contribution >= 4 is 11.9 Å². The third-order valence-electron chi connectivity index (χ3n) is 4.18. The van der Waals surface area contributed by atoms with Crippen molar-refractivity contribution in [2.45, 2.75) is 26.3 Å². The first-order valence-corrected chi connectivity index (χ1v) is 7.28. The summed E-state index contributed by atoms with van der Waals surface area (Å²) in [6, 6.07) is 7.42. The van der Waals surface area contributed by atoms with Gasteiger partial charge in [-0.3, -0.25) is 14.5 Å². The van der Waals surface area contributed by atoms with Crippen LogP contribution in [-0.4, -0.2) is 59.0 Å². The van der Waals surface area contributed by atoms with Gasteiger partial charge in [-0.2, -0.15) is 0 Å². The van der Waals surface area contributed by atoms with E-state index in [1.54, 1.807) is 6.92 Å². The van der Waals surface area contributed by atoms with E-state index in [4.69, 9.17) is 5.11 Å². The molecule has 2 rings (SSSR count). The number of carboxylic acid groups (broad SMARTS) is 1. The second-order valence-electron chi connectivity index (χ2n) is 5.53. The number of carbonyl (C=O) groups excluding carboxylic acids is 1. The van der Waals surface area contributed by atoms with Gasteiger partial charge in [-0.1, -0.05) is 24.3 Å². The molecule has 1 aromatic rings. The molecule has 1 amide bonds. The highest BCUT2D eigenvalue weighted by Crippen LogP contribution is 2.12. The zero-order valence-corrected chi connectivity index (χ0v) is 12.6. The average Bonchev–Trinajstić information content (AvgIpc) is 2.49. The van der Waals surface area contributed by atoms with Gasteiger partial charge in [-0.05, 0) is 25.0 Å². The molecule has 1 saturated heterocycles. The summed E-state index contributed by atoms with van der Waals surface area (Å²) in [7, 11) is 0. The normalized spacial score (nSPS) is 17.5. The molecule has 0 aliphatic carbocycles. The van der Waals surface area contributed by atoms with E-state index in [2.05, 4.69) is 0 Å². The lowest BCUT2D eigenvalue weighted by Crippen LogP contribution is -2.53. The topological polar surface area (TPSA) is 60.9 Å². The Labute approximate surface area is 125 Å². The monoisotopic (exact) mass is 290 g/mol. The van der Waals surface area contributed by atoms with Crippen molar-refractivity contribution in [1.29, 1.82) is 0 Å². The maximum absolute atomic E-state index is 12.3. The van der Waals surface area contributed by atoms with Gasteiger partial charge in [0.1, 0.15) is 6.04 Å². The number of nitrogens with zero attached hydrogens (tertiary/aromatic N) is 2. The minimum atomic E-state index is -0.810. The van der Waals surface area contributed by atoms with Crippen LogP contribution in [0.5, 0.6) is 0 Å². The van der Waals surface area contributed by atoms with Crippen LogP contribution >= 0.6 is 0 Å². The summed E-state index contributed by atoms with van der Waals surface area (Å²) < 4.78 is 0. The third-order valence-corrected chi connectivity index (χ3v) is 4.18. The lowest BCUT2D eigenvalue weighted by atomic mass is 10.1. The number of rotatable bonds is 4. The van der Waals surface area contributed by atoms with Crippen molar-refractivity contribution < 1.29 is 14.7 Å². The SMILES string of the molecule is Cc1ccccc1CC(=O)N1CCN([C@H](C)C(=O)O)CC1. The highest BCUT2D eigenvalue weighted by Gasteiger charge is 2.27. The Hall–Kier alpha value is -1.88. The average molecular weight is 290 g/mol. The van der Waals surface area contributed by atoms with E-state index in [0.29, 0.717) is 32.6 Å². The number of aliphatic carboxylic acids is 1. The van der Waals surface area contributed by atoms with E-state index in [-0.39, 0.29) is 5.91 Å². The van der Waals surface area contributed by atoms with Gasteiger partial charge >= 0.3 is 5.97 Å². The third kappa shape index (κ3) is 3.82. The second kappa shape index (κ2) is 6.72. The fraction of sp³-hybridized carbons (Fsp3) is 0.500. The van der Waals surface area contributed by atoms with Crippen LogP contribution in [0.15, 0.2) is 24.3 Å². The van der Waals surface area contributed by atoms with Crippen molar-refractivity contribution in [3.63, 3.8) is 0 Å². The molecule has 1 aliphatic rings. The van der Waals surface area contributed by atoms with E-state index in [9.17, 15) is 9.59 Å². The Bertz CT molecular complexity index is 522. The predicted molar refractivity (Wildman–Crippen MR) is 80.1 cm³/mol. The molecule has 1 N–H and O–H groups in total. The van der Waals surface area contributed by atoms with Crippen LogP contribution in [0.2, 0.25) is 0 Å². The Kier molecular flexibility index (Phi) is 4.96. The maximum Gasteiger partial charge on any atom is 0.320 e. The van der Waals surface area contributed by atoms with Gasteiger partial charge in [0.15, 0.2) is 0 Å². The molecule has 1 atom stereocenters. The summed E-state index contributed by atoms with van der Waals surface area (Å²) in [5.41, 5.74) is 2.19. The highest BCUT2D eigenvalue weighted by atomic mass is 16.4. The molecule has 5 nitrogen and oxygen atoms in total. The number of aryl methyl sites for hydroxylation is 1. The van der Waals surface area contributed by atoms with E-state index in [1.807, 2.05) is 41.0 Å². The first-order chi connectivity index (χ1) is 9.99. The molecular formula is C16H22N2O3. The molecule has 21 heavy (non-hydrogen) atoms. The zero-order chi connectivity index (χ0) is 15.4. The van der Waals surface area contributed by atoms with E-state index >= 15 is 0 Å². The standard InChI is InChI=1S/C16H22N2O3/c1-12-5-3-4-6-14(12)11-15(19)18-9-7-17(8-10-18)13(2)16(20)21/h3-6,13H,7-11H2,1-2H3,(H,20,21)/t13-/m1/s1. The molecule has 1 aliphatic heterocycles. The molecule has 0 saturated carbocycles. The zero-order valence-electron chi connectivity index (χ0n) is 12.6. The predicted octanol–water partition coefficient (Wildman–Crippen LogP) is 1.15. The van der Waals surface area contributed by atoms with Crippen LogP contribution in [0, 0.1) is 6.92 Å². The molecular weight excluding hydrogens is 268 g/mol. The van der Waals surface area contributed by atoms with Gasteiger partial charge in [-0.15, -0.1) is 0 Å². The van der Waals surface area contributed by atoms with Gasteiger partial charge in [-0.25, -0.2) is 0 Å². The summed E-state index contributed by atoms with van der Waals surface area (Å²) in [6.45, 7) is 6.13. The summed E-state index contributed by atoms with van der Waals surface area (Å²) in [4.78, 5) is 27.0. The molecule has 0 bridgehead atoms. The van der Waals surface area contributed by atoms with Crippen LogP contribution in [0.1, 0.15) is 18.1 Å². The Balaban J connectivity index is 1.89. The number of piperazine rings is 1. The largest absolute Gasteiger partial charge is 0.480 e. The quantitative estimate of drug-likeness (QED) is 0.904. The Morgan fingerprint density at radius 3 is 2.38 bits per heavy atom. The van der Waals surface area contributed by atoms with Crippen molar-refractivity contribution in [3.05, 3.63) is 35.4 Å². The van der Waals surface area contributed by atoms with Crippen molar-refractivity contribution in [2.75, 3.05) is 26.2 Å². The summed E-state index contributed by atoms with van der Waals surface area (Å²) in [5, 5.41) is 9.01. The van der Waals surface area contributed by atoms with Crippen LogP contribution < -0.4 is 0 Å². The fourth-order valence-electron chi connectivity index (χ4n) is 2.60. The minimum absolute atomic E-state index is 0.118. The number of carboxylic acids is 1. The molecule has 114 valence electrons. The number of benzene rings is 1. The number of hydrogen-bond acceptors (Lipinski definition) is 3. The van der Waals surface area contributed by atoms with Crippen LogP contribution in [0.4, 0.5) is 0 Å². The maximum atomic E-state index is 12.3. The second-order valence-corrected chi connectivity index (χ2v) is 5.53. The molecule has 1 aromatic carbocycles. The summed E-state index contributed by atoms with van der Waals surface area (Å²) >= 11 is 0. The van der Waals surface area contributed by atoms with Crippen LogP contribution in [0.25, 0.3) is 0 Å². The molecule has 0 radical (unpaired) electrons. The smallest absolute Gasteiger partial charge is 0.320 e. The van der Waals surface area contributed by atoms with E-state index < -0.39 is 12.0 Å².